The SMILES string of the molecule is CC(=O)N1CCCC1c1cncc(-c2cnc3c(c2)CCCN3C=O)c1. The second kappa shape index (κ2) is 6.86. The Balaban J connectivity index is 1.67. The summed E-state index contributed by atoms with van der Waals surface area (Å²) in [7, 11) is 0. The number of aromatic nitrogens is 2. The van der Waals surface area contributed by atoms with Crippen molar-refractivity contribution in [2.24, 2.45) is 0 Å². The molecule has 2 aromatic heterocycles. The Morgan fingerprint density at radius 1 is 1.15 bits per heavy atom. The average molecular weight is 350 g/mol. The van der Waals surface area contributed by atoms with E-state index in [4.69, 9.17) is 0 Å². The molecule has 2 aromatic rings. The Morgan fingerprint density at radius 2 is 2.00 bits per heavy atom. The van der Waals surface area contributed by atoms with Crippen molar-refractivity contribution in [3.8, 4) is 11.1 Å². The summed E-state index contributed by atoms with van der Waals surface area (Å²) in [6.07, 6.45) is 10.2. The number of anilines is 1. The first-order chi connectivity index (χ1) is 12.7. The Hall–Kier alpha value is -2.76. The van der Waals surface area contributed by atoms with Crippen LogP contribution in [0.4, 0.5) is 5.82 Å². The molecular formula is C20H22N4O2. The van der Waals surface area contributed by atoms with Crippen molar-refractivity contribution >= 4 is 18.1 Å². The van der Waals surface area contributed by atoms with Crippen molar-refractivity contribution in [2.75, 3.05) is 18.0 Å². The van der Waals surface area contributed by atoms with E-state index >= 15 is 0 Å². The summed E-state index contributed by atoms with van der Waals surface area (Å²) in [5.41, 5.74) is 4.16. The van der Waals surface area contributed by atoms with E-state index in [1.807, 2.05) is 17.3 Å². The number of carbonyl (C=O) groups is 2. The van der Waals surface area contributed by atoms with Crippen molar-refractivity contribution in [2.45, 2.75) is 38.6 Å². The summed E-state index contributed by atoms with van der Waals surface area (Å²) in [6.45, 7) is 3.16. The Morgan fingerprint density at radius 3 is 2.81 bits per heavy atom. The first-order valence-electron chi connectivity index (χ1n) is 9.11. The molecule has 2 amide bonds. The lowest BCUT2D eigenvalue weighted by Crippen LogP contribution is -2.28. The fourth-order valence-electron chi connectivity index (χ4n) is 4.04. The monoisotopic (exact) mass is 350 g/mol. The Labute approximate surface area is 152 Å². The van der Waals surface area contributed by atoms with Gasteiger partial charge >= 0.3 is 0 Å². The minimum atomic E-state index is 0.107. The highest BCUT2D eigenvalue weighted by atomic mass is 16.2. The first kappa shape index (κ1) is 16.7. The molecule has 0 bridgehead atoms. The molecule has 4 heterocycles. The molecule has 1 fully saturated rings. The summed E-state index contributed by atoms with van der Waals surface area (Å²) in [4.78, 5) is 35.6. The normalized spacial score (nSPS) is 19.3. The van der Waals surface area contributed by atoms with Crippen LogP contribution in [0.25, 0.3) is 11.1 Å². The molecule has 1 unspecified atom stereocenters. The number of carbonyl (C=O) groups excluding carboxylic acids is 2. The van der Waals surface area contributed by atoms with Crippen molar-refractivity contribution in [3.05, 3.63) is 41.9 Å². The predicted octanol–water partition coefficient (Wildman–Crippen LogP) is 2.74. The number of hydrogen-bond acceptors (Lipinski definition) is 4. The molecule has 26 heavy (non-hydrogen) atoms. The van der Waals surface area contributed by atoms with Crippen LogP contribution in [0.1, 0.15) is 43.4 Å². The van der Waals surface area contributed by atoms with Gasteiger partial charge < -0.3 is 4.90 Å². The first-order valence-corrected chi connectivity index (χ1v) is 9.11. The zero-order valence-corrected chi connectivity index (χ0v) is 14.9. The van der Waals surface area contributed by atoms with Crippen LogP contribution in [0.2, 0.25) is 0 Å². The smallest absolute Gasteiger partial charge is 0.219 e. The highest BCUT2D eigenvalue weighted by Gasteiger charge is 2.28. The number of pyridine rings is 2. The molecular weight excluding hydrogens is 328 g/mol. The number of hydrogen-bond donors (Lipinski definition) is 0. The van der Waals surface area contributed by atoms with Crippen LogP contribution >= 0.6 is 0 Å². The van der Waals surface area contributed by atoms with Crippen LogP contribution in [0.5, 0.6) is 0 Å². The lowest BCUT2D eigenvalue weighted by atomic mass is 9.99. The molecule has 134 valence electrons. The molecule has 0 N–H and O–H groups in total. The van der Waals surface area contributed by atoms with Crippen molar-refractivity contribution in [1.29, 1.82) is 0 Å². The molecule has 0 radical (unpaired) electrons. The molecule has 0 saturated carbocycles. The zero-order valence-electron chi connectivity index (χ0n) is 14.9. The summed E-state index contributed by atoms with van der Waals surface area (Å²) in [5.74, 6) is 0.875. The van der Waals surface area contributed by atoms with E-state index in [1.165, 1.54) is 0 Å². The second-order valence-electron chi connectivity index (χ2n) is 6.99. The Kier molecular flexibility index (Phi) is 4.41. The molecule has 0 aliphatic carbocycles. The molecule has 2 aliphatic rings. The van der Waals surface area contributed by atoms with E-state index in [-0.39, 0.29) is 11.9 Å². The molecule has 0 spiro atoms. The third-order valence-electron chi connectivity index (χ3n) is 5.32. The molecule has 1 atom stereocenters. The van der Waals surface area contributed by atoms with Crippen molar-refractivity contribution in [3.63, 3.8) is 0 Å². The summed E-state index contributed by atoms with van der Waals surface area (Å²) in [6, 6.07) is 4.33. The van der Waals surface area contributed by atoms with Gasteiger partial charge in [0.25, 0.3) is 0 Å². The van der Waals surface area contributed by atoms with Gasteiger partial charge in [0.2, 0.25) is 12.3 Å². The minimum absolute atomic E-state index is 0.107. The molecule has 0 aromatic carbocycles. The van der Waals surface area contributed by atoms with Crippen LogP contribution in [0, 0.1) is 0 Å². The van der Waals surface area contributed by atoms with E-state index in [9.17, 15) is 9.59 Å². The van der Waals surface area contributed by atoms with Crippen molar-refractivity contribution < 1.29 is 9.59 Å². The topological polar surface area (TPSA) is 66.4 Å². The second-order valence-corrected chi connectivity index (χ2v) is 6.99. The van der Waals surface area contributed by atoms with Gasteiger partial charge in [0.15, 0.2) is 0 Å². The summed E-state index contributed by atoms with van der Waals surface area (Å²) < 4.78 is 0. The fraction of sp³-hybridized carbons (Fsp3) is 0.400. The number of likely N-dealkylation sites (tertiary alicyclic amines) is 1. The maximum atomic E-state index is 11.9. The van der Waals surface area contributed by atoms with Gasteiger partial charge in [0, 0.05) is 49.7 Å². The van der Waals surface area contributed by atoms with Gasteiger partial charge in [0.1, 0.15) is 5.82 Å². The molecule has 6 heteroatoms. The van der Waals surface area contributed by atoms with E-state index in [0.29, 0.717) is 0 Å². The van der Waals surface area contributed by atoms with E-state index in [2.05, 4.69) is 22.1 Å². The number of aryl methyl sites for hydroxylation is 1. The number of rotatable bonds is 3. The molecule has 6 nitrogen and oxygen atoms in total. The third-order valence-corrected chi connectivity index (χ3v) is 5.32. The largest absolute Gasteiger partial charge is 0.336 e. The van der Waals surface area contributed by atoms with Crippen LogP contribution in [0.3, 0.4) is 0 Å². The highest BCUT2D eigenvalue weighted by molar-refractivity contribution is 5.77. The van der Waals surface area contributed by atoms with Gasteiger partial charge in [-0.3, -0.25) is 19.5 Å². The van der Waals surface area contributed by atoms with Gasteiger partial charge in [-0.1, -0.05) is 0 Å². The molecule has 4 rings (SSSR count). The predicted molar refractivity (Wildman–Crippen MR) is 98.6 cm³/mol. The number of nitrogens with zero attached hydrogens (tertiary/aromatic N) is 4. The standard InChI is InChI=1S/C20H22N4O2/c1-14(26)24-7-3-5-19(24)18-9-16(10-21-11-18)17-8-15-4-2-6-23(13-25)20(15)22-12-17/h8-13,19H,2-7H2,1H3. The third kappa shape index (κ3) is 2.96. The van der Waals surface area contributed by atoms with Crippen LogP contribution in [0.15, 0.2) is 30.7 Å². The summed E-state index contributed by atoms with van der Waals surface area (Å²) >= 11 is 0. The van der Waals surface area contributed by atoms with Gasteiger partial charge in [0.05, 0.1) is 6.04 Å². The van der Waals surface area contributed by atoms with Crippen molar-refractivity contribution in [1.82, 2.24) is 14.9 Å². The van der Waals surface area contributed by atoms with Gasteiger partial charge in [-0.15, -0.1) is 0 Å². The highest BCUT2D eigenvalue weighted by Crippen LogP contribution is 2.34. The number of amides is 2. The van der Waals surface area contributed by atoms with E-state index in [1.54, 1.807) is 18.0 Å². The van der Waals surface area contributed by atoms with Crippen LogP contribution < -0.4 is 4.90 Å². The molecule has 2 aliphatic heterocycles. The fourth-order valence-corrected chi connectivity index (χ4v) is 4.04. The zero-order chi connectivity index (χ0) is 18.1. The minimum Gasteiger partial charge on any atom is -0.336 e. The quantitative estimate of drug-likeness (QED) is 0.799. The molecule has 1 saturated heterocycles. The maximum Gasteiger partial charge on any atom is 0.219 e. The van der Waals surface area contributed by atoms with Crippen LogP contribution in [-0.4, -0.2) is 40.3 Å². The summed E-state index contributed by atoms with van der Waals surface area (Å²) in [5, 5.41) is 0. The maximum absolute atomic E-state index is 11.9. The van der Waals surface area contributed by atoms with Gasteiger partial charge in [-0.05, 0) is 48.9 Å². The van der Waals surface area contributed by atoms with Crippen LogP contribution in [-0.2, 0) is 16.0 Å². The number of fused-ring (bicyclic) bond motifs is 1. The lowest BCUT2D eigenvalue weighted by Gasteiger charge is -2.25. The lowest BCUT2D eigenvalue weighted by molar-refractivity contribution is -0.129. The van der Waals surface area contributed by atoms with Gasteiger partial charge in [-0.25, -0.2) is 4.98 Å². The van der Waals surface area contributed by atoms with Gasteiger partial charge in [-0.2, -0.15) is 0 Å². The Bertz CT molecular complexity index is 851. The van der Waals surface area contributed by atoms with E-state index < -0.39 is 0 Å². The average Bonchev–Trinajstić information content (AvgIpc) is 3.17. The van der Waals surface area contributed by atoms with E-state index in [0.717, 1.165) is 73.3 Å².